The Bertz CT molecular complexity index is 635. The summed E-state index contributed by atoms with van der Waals surface area (Å²) in [5.41, 5.74) is 0.625. The molecule has 0 spiro atoms. The second-order valence-corrected chi connectivity index (χ2v) is 6.03. The molecular weight excluding hydrogens is 417 g/mol. The molecule has 1 nitrogen and oxygen atoms in total. The van der Waals surface area contributed by atoms with Gasteiger partial charge in [0.1, 0.15) is 24.0 Å². The van der Waals surface area contributed by atoms with Crippen LogP contribution in [0, 0.1) is 11.6 Å². The zero-order valence-corrected chi connectivity index (χ0v) is 14.0. The monoisotopic (exact) mass is 424 g/mol. The van der Waals surface area contributed by atoms with E-state index in [-0.39, 0.29) is 22.5 Å². The molecule has 6 heteroatoms. The fourth-order valence-corrected chi connectivity index (χ4v) is 2.63. The molecule has 0 amide bonds. The topological polar surface area (TPSA) is 9.23 Å². The summed E-state index contributed by atoms with van der Waals surface area (Å²) in [7, 11) is 0. The zero-order chi connectivity index (χ0) is 14.7. The number of alkyl halides is 1. The van der Waals surface area contributed by atoms with Crippen molar-refractivity contribution in [1.82, 2.24) is 0 Å². The van der Waals surface area contributed by atoms with Crippen LogP contribution in [-0.4, -0.2) is 0 Å². The van der Waals surface area contributed by atoms with E-state index in [1.807, 2.05) is 0 Å². The molecule has 106 valence electrons. The maximum Gasteiger partial charge on any atom is 0.146 e. The van der Waals surface area contributed by atoms with Gasteiger partial charge < -0.3 is 4.74 Å². The Balaban J connectivity index is 2.23. The van der Waals surface area contributed by atoms with E-state index < -0.39 is 11.6 Å². The first-order valence-corrected chi connectivity index (χ1v) is 7.74. The third kappa shape index (κ3) is 3.51. The van der Waals surface area contributed by atoms with Crippen LogP contribution in [0.4, 0.5) is 8.78 Å². The van der Waals surface area contributed by atoms with Crippen LogP contribution in [0.5, 0.6) is 5.75 Å². The van der Waals surface area contributed by atoms with Crippen LogP contribution in [0.15, 0.2) is 39.3 Å². The Kier molecular flexibility index (Phi) is 5.41. The Morgan fingerprint density at radius 1 is 1.10 bits per heavy atom. The number of benzene rings is 2. The molecule has 0 aliphatic carbocycles. The van der Waals surface area contributed by atoms with Gasteiger partial charge in [0.05, 0.1) is 15.9 Å². The predicted molar refractivity (Wildman–Crippen MR) is 82.1 cm³/mol. The molecule has 0 aliphatic rings. The standard InChI is InChI=1S/C14H9Br2ClF2O/c15-9-1-4-13(8(5-9)6-17)20-7-10-12(18)3-2-11(16)14(10)19/h1-5H,6-7H2. The van der Waals surface area contributed by atoms with Gasteiger partial charge in [-0.1, -0.05) is 15.9 Å². The van der Waals surface area contributed by atoms with E-state index in [1.165, 1.54) is 12.1 Å². The van der Waals surface area contributed by atoms with Gasteiger partial charge in [0, 0.05) is 10.0 Å². The van der Waals surface area contributed by atoms with E-state index >= 15 is 0 Å². The highest BCUT2D eigenvalue weighted by molar-refractivity contribution is 9.10. The summed E-state index contributed by atoms with van der Waals surface area (Å²) in [6.45, 7) is -0.206. The van der Waals surface area contributed by atoms with Crippen LogP contribution in [0.2, 0.25) is 0 Å². The minimum absolute atomic E-state index is 0.122. The highest BCUT2D eigenvalue weighted by Gasteiger charge is 2.14. The largest absolute Gasteiger partial charge is 0.488 e. The highest BCUT2D eigenvalue weighted by Crippen LogP contribution is 2.27. The number of rotatable bonds is 4. The Hall–Kier alpha value is -0.650. The second kappa shape index (κ2) is 6.87. The smallest absolute Gasteiger partial charge is 0.146 e. The quantitative estimate of drug-likeness (QED) is 0.443. The number of hydrogen-bond donors (Lipinski definition) is 0. The van der Waals surface area contributed by atoms with Crippen LogP contribution < -0.4 is 4.74 Å². The molecule has 2 aromatic rings. The van der Waals surface area contributed by atoms with Crippen molar-refractivity contribution in [1.29, 1.82) is 0 Å². The van der Waals surface area contributed by atoms with E-state index in [0.29, 0.717) is 5.75 Å². The minimum atomic E-state index is -0.658. The van der Waals surface area contributed by atoms with Crippen molar-refractivity contribution < 1.29 is 13.5 Å². The van der Waals surface area contributed by atoms with Gasteiger partial charge in [-0.15, -0.1) is 11.6 Å². The number of halogens is 5. The lowest BCUT2D eigenvalue weighted by Gasteiger charge is -2.12. The normalized spacial score (nSPS) is 10.7. The molecule has 0 atom stereocenters. The van der Waals surface area contributed by atoms with Crippen molar-refractivity contribution in [3.05, 3.63) is 62.0 Å². The molecular formula is C14H9Br2ClF2O. The van der Waals surface area contributed by atoms with E-state index in [9.17, 15) is 8.78 Å². The first-order valence-electron chi connectivity index (χ1n) is 5.62. The average molecular weight is 426 g/mol. The van der Waals surface area contributed by atoms with Gasteiger partial charge in [-0.3, -0.25) is 0 Å². The summed E-state index contributed by atoms with van der Waals surface area (Å²) in [6, 6.07) is 7.79. The molecule has 0 fully saturated rings. The lowest BCUT2D eigenvalue weighted by molar-refractivity contribution is 0.290. The SMILES string of the molecule is Fc1ccc(Br)c(F)c1COc1ccc(Br)cc1CCl. The lowest BCUT2D eigenvalue weighted by Crippen LogP contribution is -2.04. The maximum atomic E-state index is 13.8. The lowest BCUT2D eigenvalue weighted by atomic mass is 10.2. The summed E-state index contributed by atoms with van der Waals surface area (Å²) in [4.78, 5) is 0. The zero-order valence-electron chi connectivity index (χ0n) is 10.1. The highest BCUT2D eigenvalue weighted by atomic mass is 79.9. The van der Waals surface area contributed by atoms with Crippen LogP contribution >= 0.6 is 43.5 Å². The van der Waals surface area contributed by atoms with Gasteiger partial charge in [-0.25, -0.2) is 8.78 Å². The van der Waals surface area contributed by atoms with E-state index in [4.69, 9.17) is 16.3 Å². The van der Waals surface area contributed by atoms with Crippen molar-refractivity contribution in [2.45, 2.75) is 12.5 Å². The van der Waals surface area contributed by atoms with E-state index in [0.717, 1.165) is 10.0 Å². The molecule has 0 N–H and O–H groups in total. The van der Waals surface area contributed by atoms with Crippen molar-refractivity contribution in [3.63, 3.8) is 0 Å². The fraction of sp³-hybridized carbons (Fsp3) is 0.143. The van der Waals surface area contributed by atoms with Crippen molar-refractivity contribution >= 4 is 43.5 Å². The van der Waals surface area contributed by atoms with Gasteiger partial charge in [0.2, 0.25) is 0 Å². The molecule has 0 aliphatic heterocycles. The molecule has 0 bridgehead atoms. The average Bonchev–Trinajstić information content (AvgIpc) is 2.44. The predicted octanol–water partition coefficient (Wildman–Crippen LogP) is 5.81. The summed E-state index contributed by atoms with van der Waals surface area (Å²) >= 11 is 12.2. The molecule has 0 heterocycles. The third-order valence-corrected chi connectivity index (χ3v) is 4.07. The summed E-state index contributed by atoms with van der Waals surface area (Å²) in [5.74, 6) is -0.551. The summed E-state index contributed by atoms with van der Waals surface area (Å²) in [5, 5.41) is 0. The molecule has 0 unspecified atom stereocenters. The summed E-state index contributed by atoms with van der Waals surface area (Å²) in [6.07, 6.45) is 0. The third-order valence-electron chi connectivity index (χ3n) is 2.68. The molecule has 0 aromatic heterocycles. The van der Waals surface area contributed by atoms with Gasteiger partial charge in [0.25, 0.3) is 0 Å². The van der Waals surface area contributed by atoms with Crippen LogP contribution in [-0.2, 0) is 12.5 Å². The van der Waals surface area contributed by atoms with Crippen molar-refractivity contribution in [2.24, 2.45) is 0 Å². The molecule has 0 radical (unpaired) electrons. The first kappa shape index (κ1) is 15.7. The summed E-state index contributed by atoms with van der Waals surface area (Å²) < 4.78 is 34.0. The minimum Gasteiger partial charge on any atom is -0.488 e. The Morgan fingerprint density at radius 3 is 2.55 bits per heavy atom. The molecule has 20 heavy (non-hydrogen) atoms. The molecule has 2 rings (SSSR count). The van der Waals surface area contributed by atoms with Crippen LogP contribution in [0.3, 0.4) is 0 Å². The Morgan fingerprint density at radius 2 is 1.85 bits per heavy atom. The maximum absolute atomic E-state index is 13.8. The number of hydrogen-bond acceptors (Lipinski definition) is 1. The van der Waals surface area contributed by atoms with Gasteiger partial charge in [-0.05, 0) is 46.3 Å². The number of ether oxygens (including phenoxy) is 1. The second-order valence-electron chi connectivity index (χ2n) is 4.00. The van der Waals surface area contributed by atoms with Crippen LogP contribution in [0.25, 0.3) is 0 Å². The van der Waals surface area contributed by atoms with Crippen molar-refractivity contribution in [2.75, 3.05) is 0 Å². The van der Waals surface area contributed by atoms with Gasteiger partial charge in [-0.2, -0.15) is 0 Å². The van der Waals surface area contributed by atoms with E-state index in [2.05, 4.69) is 31.9 Å². The molecule has 2 aromatic carbocycles. The molecule has 0 saturated heterocycles. The van der Waals surface area contributed by atoms with Gasteiger partial charge in [0.15, 0.2) is 0 Å². The Labute approximate surface area is 137 Å². The fourth-order valence-electron chi connectivity index (χ4n) is 1.64. The van der Waals surface area contributed by atoms with Crippen molar-refractivity contribution in [3.8, 4) is 5.75 Å². The van der Waals surface area contributed by atoms with E-state index in [1.54, 1.807) is 18.2 Å². The first-order chi connectivity index (χ1) is 9.52. The van der Waals surface area contributed by atoms with Crippen LogP contribution in [0.1, 0.15) is 11.1 Å². The van der Waals surface area contributed by atoms with Gasteiger partial charge >= 0.3 is 0 Å². The molecule has 0 saturated carbocycles.